The summed E-state index contributed by atoms with van der Waals surface area (Å²) in [6.07, 6.45) is 7.08. The molecule has 19 heavy (non-hydrogen) atoms. The summed E-state index contributed by atoms with van der Waals surface area (Å²) >= 11 is 0. The van der Waals surface area contributed by atoms with Crippen LogP contribution in [0.1, 0.15) is 46.0 Å². The van der Waals surface area contributed by atoms with E-state index >= 15 is 0 Å². The molecule has 0 aromatic heterocycles. The lowest BCUT2D eigenvalue weighted by Crippen LogP contribution is -2.47. The molecule has 3 aliphatic rings. The largest absolute Gasteiger partial charge is 0.311 e. The van der Waals surface area contributed by atoms with Gasteiger partial charge in [0.1, 0.15) is 0 Å². The van der Waals surface area contributed by atoms with Gasteiger partial charge in [0.15, 0.2) is 0 Å². The Bertz CT molecular complexity index is 282. The normalized spacial score (nSPS) is 31.4. The van der Waals surface area contributed by atoms with Crippen LogP contribution >= 0.6 is 0 Å². The van der Waals surface area contributed by atoms with Crippen molar-refractivity contribution in [1.82, 2.24) is 15.1 Å². The van der Waals surface area contributed by atoms with Gasteiger partial charge in [0, 0.05) is 37.8 Å². The molecule has 0 spiro atoms. The van der Waals surface area contributed by atoms with Crippen LogP contribution in [0.5, 0.6) is 0 Å². The molecule has 2 saturated heterocycles. The quantitative estimate of drug-likeness (QED) is 0.792. The molecule has 2 heterocycles. The lowest BCUT2D eigenvalue weighted by atomic mass is 10.0. The fourth-order valence-corrected chi connectivity index (χ4v) is 3.87. The van der Waals surface area contributed by atoms with Crippen LogP contribution in [0.2, 0.25) is 0 Å². The zero-order chi connectivity index (χ0) is 13.2. The maximum Gasteiger partial charge on any atom is 0.0243 e. The Hall–Kier alpha value is -0.120. The van der Waals surface area contributed by atoms with E-state index in [1.54, 1.807) is 0 Å². The average molecular weight is 265 g/mol. The minimum Gasteiger partial charge on any atom is -0.311 e. The minimum atomic E-state index is 0.748. The summed E-state index contributed by atoms with van der Waals surface area (Å²) in [4.78, 5) is 5.42. The molecule has 3 rings (SSSR count). The monoisotopic (exact) mass is 265 g/mol. The van der Waals surface area contributed by atoms with E-state index in [-0.39, 0.29) is 0 Å². The Morgan fingerprint density at radius 1 is 1.05 bits per heavy atom. The average Bonchev–Trinajstić information content (AvgIpc) is 2.91. The van der Waals surface area contributed by atoms with Crippen molar-refractivity contribution in [2.75, 3.05) is 32.7 Å². The van der Waals surface area contributed by atoms with E-state index in [1.165, 1.54) is 64.8 Å². The van der Waals surface area contributed by atoms with Gasteiger partial charge < -0.3 is 5.32 Å². The molecular formula is C16H31N3. The lowest BCUT2D eigenvalue weighted by Gasteiger charge is -2.32. The van der Waals surface area contributed by atoms with Crippen molar-refractivity contribution < 1.29 is 0 Å². The smallest absolute Gasteiger partial charge is 0.0243 e. The topological polar surface area (TPSA) is 18.5 Å². The second kappa shape index (κ2) is 6.11. The first-order valence-corrected chi connectivity index (χ1v) is 8.45. The molecule has 1 aliphatic carbocycles. The predicted molar refractivity (Wildman–Crippen MR) is 80.4 cm³/mol. The fourth-order valence-electron chi connectivity index (χ4n) is 3.87. The zero-order valence-corrected chi connectivity index (χ0v) is 12.8. The Balaban J connectivity index is 1.44. The summed E-state index contributed by atoms with van der Waals surface area (Å²) in [6.45, 7) is 11.2. The van der Waals surface area contributed by atoms with Gasteiger partial charge in [-0.3, -0.25) is 9.80 Å². The van der Waals surface area contributed by atoms with Gasteiger partial charge >= 0.3 is 0 Å². The molecule has 2 unspecified atom stereocenters. The van der Waals surface area contributed by atoms with Crippen LogP contribution in [0.15, 0.2) is 0 Å². The van der Waals surface area contributed by atoms with Gasteiger partial charge in [-0.15, -0.1) is 0 Å². The van der Waals surface area contributed by atoms with E-state index in [4.69, 9.17) is 0 Å². The molecular weight excluding hydrogens is 234 g/mol. The highest BCUT2D eigenvalue weighted by molar-refractivity contribution is 4.92. The minimum absolute atomic E-state index is 0.748. The summed E-state index contributed by atoms with van der Waals surface area (Å²) in [5, 5.41) is 3.87. The highest BCUT2D eigenvalue weighted by Gasteiger charge is 2.34. The van der Waals surface area contributed by atoms with Crippen molar-refractivity contribution in [1.29, 1.82) is 0 Å². The number of nitrogens with one attached hydrogen (secondary N) is 1. The Labute approximate surface area is 118 Å². The van der Waals surface area contributed by atoms with Gasteiger partial charge in [-0.2, -0.15) is 0 Å². The molecule has 3 nitrogen and oxygen atoms in total. The molecule has 1 saturated carbocycles. The molecule has 2 aliphatic heterocycles. The van der Waals surface area contributed by atoms with Crippen LogP contribution in [0.25, 0.3) is 0 Å². The third-order valence-electron chi connectivity index (χ3n) is 5.28. The van der Waals surface area contributed by atoms with E-state index in [0.29, 0.717) is 0 Å². The lowest BCUT2D eigenvalue weighted by molar-refractivity contribution is 0.181. The van der Waals surface area contributed by atoms with Crippen molar-refractivity contribution in [3.05, 3.63) is 0 Å². The van der Waals surface area contributed by atoms with Gasteiger partial charge in [-0.25, -0.2) is 0 Å². The van der Waals surface area contributed by atoms with Crippen LogP contribution in [-0.4, -0.2) is 60.6 Å². The zero-order valence-electron chi connectivity index (χ0n) is 12.8. The number of hydrogen-bond acceptors (Lipinski definition) is 3. The molecule has 3 heteroatoms. The Morgan fingerprint density at radius 3 is 2.42 bits per heavy atom. The van der Waals surface area contributed by atoms with Crippen molar-refractivity contribution in [2.24, 2.45) is 5.92 Å². The van der Waals surface area contributed by atoms with Crippen molar-refractivity contribution in [3.8, 4) is 0 Å². The maximum absolute atomic E-state index is 3.87. The van der Waals surface area contributed by atoms with E-state index in [9.17, 15) is 0 Å². The van der Waals surface area contributed by atoms with Crippen molar-refractivity contribution in [2.45, 2.75) is 64.1 Å². The molecule has 1 N–H and O–H groups in total. The highest BCUT2D eigenvalue weighted by Crippen LogP contribution is 2.29. The standard InChI is InChI=1S/C16H31N3/c1-13(2)16(18-8-3-4-9-18)11-17-14-7-10-19(12-14)15-5-6-15/h13-17H,3-12H2,1-2H3. The number of likely N-dealkylation sites (tertiary alicyclic amines) is 2. The summed E-state index contributed by atoms with van der Waals surface area (Å²) < 4.78 is 0. The first-order chi connectivity index (χ1) is 9.24. The molecule has 3 fully saturated rings. The number of rotatable bonds is 6. The van der Waals surface area contributed by atoms with Crippen molar-refractivity contribution >= 4 is 0 Å². The van der Waals surface area contributed by atoms with Gasteiger partial charge in [0.2, 0.25) is 0 Å². The highest BCUT2D eigenvalue weighted by atomic mass is 15.2. The third kappa shape index (κ3) is 3.50. The predicted octanol–water partition coefficient (Wildman–Crippen LogP) is 1.93. The Kier molecular flexibility index (Phi) is 4.45. The molecule has 2 atom stereocenters. The van der Waals surface area contributed by atoms with Crippen LogP contribution < -0.4 is 5.32 Å². The molecule has 0 aromatic carbocycles. The fraction of sp³-hybridized carbons (Fsp3) is 1.00. The molecule has 0 bridgehead atoms. The van der Waals surface area contributed by atoms with Crippen LogP contribution in [0, 0.1) is 5.92 Å². The first kappa shape index (κ1) is 13.8. The number of nitrogens with zero attached hydrogens (tertiary/aromatic N) is 2. The Morgan fingerprint density at radius 2 is 1.79 bits per heavy atom. The van der Waals surface area contributed by atoms with Crippen molar-refractivity contribution in [3.63, 3.8) is 0 Å². The van der Waals surface area contributed by atoms with Crippen LogP contribution in [0.4, 0.5) is 0 Å². The molecule has 110 valence electrons. The number of hydrogen-bond donors (Lipinski definition) is 1. The van der Waals surface area contributed by atoms with E-state index < -0.39 is 0 Å². The van der Waals surface area contributed by atoms with E-state index in [1.807, 2.05) is 0 Å². The second-order valence-corrected chi connectivity index (χ2v) is 7.17. The van der Waals surface area contributed by atoms with E-state index in [0.717, 1.165) is 24.0 Å². The van der Waals surface area contributed by atoms with Gasteiger partial charge in [-0.1, -0.05) is 13.8 Å². The third-order valence-corrected chi connectivity index (χ3v) is 5.28. The summed E-state index contributed by atoms with van der Waals surface area (Å²) in [5.74, 6) is 0.770. The summed E-state index contributed by atoms with van der Waals surface area (Å²) in [7, 11) is 0. The summed E-state index contributed by atoms with van der Waals surface area (Å²) in [6, 6.07) is 2.45. The van der Waals surface area contributed by atoms with Crippen LogP contribution in [-0.2, 0) is 0 Å². The van der Waals surface area contributed by atoms with Gasteiger partial charge in [-0.05, 0) is 51.1 Å². The molecule has 0 radical (unpaired) electrons. The van der Waals surface area contributed by atoms with E-state index in [2.05, 4.69) is 29.0 Å². The van der Waals surface area contributed by atoms with Gasteiger partial charge in [0.05, 0.1) is 0 Å². The SMILES string of the molecule is CC(C)C(CNC1CCN(C2CC2)C1)N1CCCC1. The maximum atomic E-state index is 3.87. The first-order valence-electron chi connectivity index (χ1n) is 8.45. The molecule has 0 aromatic rings. The second-order valence-electron chi connectivity index (χ2n) is 7.17. The van der Waals surface area contributed by atoms with Gasteiger partial charge in [0.25, 0.3) is 0 Å². The summed E-state index contributed by atoms with van der Waals surface area (Å²) in [5.41, 5.74) is 0. The van der Waals surface area contributed by atoms with Crippen LogP contribution in [0.3, 0.4) is 0 Å². The molecule has 0 amide bonds.